The van der Waals surface area contributed by atoms with Crippen molar-refractivity contribution in [3.8, 4) is 11.6 Å². The normalized spacial score (nSPS) is 14.2. The number of hydrogen-bond acceptors (Lipinski definition) is 5. The first-order valence-corrected chi connectivity index (χ1v) is 11.8. The molecule has 1 saturated heterocycles. The molecule has 1 aliphatic rings. The number of anilines is 1. The highest BCUT2D eigenvalue weighted by atomic mass is 35.5. The molecule has 172 valence electrons. The highest BCUT2D eigenvalue weighted by molar-refractivity contribution is 6.30. The van der Waals surface area contributed by atoms with Crippen LogP contribution in [0.1, 0.15) is 30.9 Å². The number of aromatic nitrogens is 2. The lowest BCUT2D eigenvalue weighted by Gasteiger charge is -2.32. The molecule has 4 rings (SSSR count). The van der Waals surface area contributed by atoms with Crippen molar-refractivity contribution in [3.63, 3.8) is 0 Å². The molecule has 0 bridgehead atoms. The molecule has 1 aliphatic heterocycles. The van der Waals surface area contributed by atoms with Gasteiger partial charge in [0.25, 0.3) is 0 Å². The number of aryl methyl sites for hydroxylation is 1. The maximum absolute atomic E-state index is 12.6. The topological polar surface area (TPSA) is 67.3 Å². The lowest BCUT2D eigenvalue weighted by atomic mass is 9.96. The molecular weight excluding hydrogens is 436 g/mol. The van der Waals surface area contributed by atoms with Gasteiger partial charge in [-0.2, -0.15) is 0 Å². The summed E-state index contributed by atoms with van der Waals surface area (Å²) in [5.41, 5.74) is 2.43. The van der Waals surface area contributed by atoms with E-state index in [0.29, 0.717) is 12.4 Å². The van der Waals surface area contributed by atoms with Crippen LogP contribution in [0.4, 0.5) is 5.82 Å². The minimum atomic E-state index is 0.0288. The van der Waals surface area contributed by atoms with Crippen LogP contribution < -0.4 is 15.0 Å². The van der Waals surface area contributed by atoms with E-state index in [4.69, 9.17) is 16.3 Å². The summed E-state index contributed by atoms with van der Waals surface area (Å²) in [5, 5.41) is 3.80. The van der Waals surface area contributed by atoms with Gasteiger partial charge >= 0.3 is 0 Å². The van der Waals surface area contributed by atoms with Crippen LogP contribution in [0.15, 0.2) is 60.9 Å². The zero-order valence-corrected chi connectivity index (χ0v) is 19.6. The summed E-state index contributed by atoms with van der Waals surface area (Å²) in [4.78, 5) is 23.4. The number of halogens is 1. The number of rotatable bonds is 8. The third-order valence-electron chi connectivity index (χ3n) is 6.00. The van der Waals surface area contributed by atoms with E-state index in [1.165, 1.54) is 11.9 Å². The van der Waals surface area contributed by atoms with E-state index in [0.717, 1.165) is 60.9 Å². The van der Waals surface area contributed by atoms with Gasteiger partial charge in [-0.25, -0.2) is 9.97 Å². The summed E-state index contributed by atoms with van der Waals surface area (Å²) < 4.78 is 5.91. The van der Waals surface area contributed by atoms with Crippen molar-refractivity contribution in [1.29, 1.82) is 0 Å². The Morgan fingerprint density at radius 2 is 1.76 bits per heavy atom. The molecule has 1 amide bonds. The molecule has 0 saturated carbocycles. The van der Waals surface area contributed by atoms with E-state index >= 15 is 0 Å². The zero-order chi connectivity index (χ0) is 23.0. The van der Waals surface area contributed by atoms with Gasteiger partial charge in [0.2, 0.25) is 11.8 Å². The molecule has 7 heteroatoms. The van der Waals surface area contributed by atoms with Crippen molar-refractivity contribution in [2.45, 2.75) is 32.6 Å². The van der Waals surface area contributed by atoms with Gasteiger partial charge in [-0.05, 0) is 61.1 Å². The van der Waals surface area contributed by atoms with Gasteiger partial charge in [0, 0.05) is 36.6 Å². The molecule has 0 unspecified atom stereocenters. The summed E-state index contributed by atoms with van der Waals surface area (Å²) in [6.45, 7) is 4.31. The first-order chi connectivity index (χ1) is 16.1. The number of benzene rings is 2. The molecule has 2 heterocycles. The van der Waals surface area contributed by atoms with Gasteiger partial charge in [0.1, 0.15) is 17.9 Å². The summed E-state index contributed by atoms with van der Waals surface area (Å²) in [6, 6.07) is 17.6. The zero-order valence-electron chi connectivity index (χ0n) is 18.8. The molecule has 0 radical (unpaired) electrons. The fourth-order valence-corrected chi connectivity index (χ4v) is 4.09. The van der Waals surface area contributed by atoms with Gasteiger partial charge < -0.3 is 15.0 Å². The first-order valence-electron chi connectivity index (χ1n) is 11.5. The maximum atomic E-state index is 12.6. The molecule has 0 spiro atoms. The number of amides is 1. The second-order valence-corrected chi connectivity index (χ2v) is 8.68. The third-order valence-corrected chi connectivity index (χ3v) is 6.25. The fraction of sp³-hybridized carbons (Fsp3) is 0.346. The third kappa shape index (κ3) is 6.45. The van der Waals surface area contributed by atoms with Crippen LogP contribution in [-0.2, 0) is 17.6 Å². The molecule has 1 N–H and O–H groups in total. The second-order valence-electron chi connectivity index (χ2n) is 8.24. The predicted molar refractivity (Wildman–Crippen MR) is 131 cm³/mol. The van der Waals surface area contributed by atoms with Crippen LogP contribution in [0.5, 0.6) is 11.6 Å². The van der Waals surface area contributed by atoms with Crippen LogP contribution in [-0.4, -0.2) is 35.5 Å². The summed E-state index contributed by atoms with van der Waals surface area (Å²) in [6.07, 6.45) is 4.92. The van der Waals surface area contributed by atoms with Crippen LogP contribution in [0, 0.1) is 5.92 Å². The minimum absolute atomic E-state index is 0.0288. The fourth-order valence-electron chi connectivity index (χ4n) is 3.97. The maximum Gasteiger partial charge on any atom is 0.224 e. The smallest absolute Gasteiger partial charge is 0.224 e. The number of nitrogens with zero attached hydrogens (tertiary/aromatic N) is 3. The molecule has 6 nitrogen and oxygen atoms in total. The van der Waals surface area contributed by atoms with Crippen molar-refractivity contribution in [1.82, 2.24) is 15.3 Å². The number of piperidine rings is 1. The standard InChI is InChI=1S/C26H29ClN4O2/c1-2-19-5-9-23(10-6-19)33-25-17-24(29-18-30-25)31-15-12-21(13-16-31)26(32)28-14-11-20-3-7-22(27)8-4-20/h3-10,17-18,21H,2,11-16H2,1H3,(H,28,32). The Kier molecular flexibility index (Phi) is 7.79. The number of hydrogen-bond donors (Lipinski definition) is 1. The largest absolute Gasteiger partial charge is 0.439 e. The monoisotopic (exact) mass is 464 g/mol. The Morgan fingerprint density at radius 3 is 2.45 bits per heavy atom. The highest BCUT2D eigenvalue weighted by Crippen LogP contribution is 2.26. The molecule has 1 fully saturated rings. The Bertz CT molecular complexity index is 1050. The first kappa shape index (κ1) is 23.1. The van der Waals surface area contributed by atoms with Crippen molar-refractivity contribution in [2.75, 3.05) is 24.5 Å². The molecular formula is C26H29ClN4O2. The van der Waals surface area contributed by atoms with Crippen LogP contribution in [0.2, 0.25) is 5.02 Å². The lowest BCUT2D eigenvalue weighted by molar-refractivity contribution is -0.125. The summed E-state index contributed by atoms with van der Waals surface area (Å²) >= 11 is 5.92. The Morgan fingerprint density at radius 1 is 1.06 bits per heavy atom. The van der Waals surface area contributed by atoms with Gasteiger partial charge in [-0.15, -0.1) is 0 Å². The SMILES string of the molecule is CCc1ccc(Oc2cc(N3CCC(C(=O)NCCc4ccc(Cl)cc4)CC3)ncn2)cc1. The van der Waals surface area contributed by atoms with Crippen molar-refractivity contribution in [3.05, 3.63) is 77.1 Å². The second kappa shape index (κ2) is 11.1. The van der Waals surface area contributed by atoms with E-state index in [2.05, 4.69) is 39.2 Å². The van der Waals surface area contributed by atoms with Gasteiger partial charge in [0.05, 0.1) is 0 Å². The van der Waals surface area contributed by atoms with E-state index in [1.54, 1.807) is 0 Å². The van der Waals surface area contributed by atoms with Gasteiger partial charge in [0.15, 0.2) is 0 Å². The number of carbonyl (C=O) groups is 1. The Balaban J connectivity index is 1.25. The number of ether oxygens (including phenoxy) is 1. The Hall–Kier alpha value is -3.12. The van der Waals surface area contributed by atoms with Crippen LogP contribution in [0.3, 0.4) is 0 Å². The van der Waals surface area contributed by atoms with E-state index in [-0.39, 0.29) is 11.8 Å². The van der Waals surface area contributed by atoms with Crippen molar-refractivity contribution >= 4 is 23.3 Å². The van der Waals surface area contributed by atoms with E-state index < -0.39 is 0 Å². The molecule has 3 aromatic rings. The van der Waals surface area contributed by atoms with E-state index in [1.807, 2.05) is 42.5 Å². The average molecular weight is 465 g/mol. The minimum Gasteiger partial charge on any atom is -0.439 e. The quantitative estimate of drug-likeness (QED) is 0.504. The lowest BCUT2D eigenvalue weighted by Crippen LogP contribution is -2.41. The molecule has 1 aromatic heterocycles. The summed E-state index contributed by atoms with van der Waals surface area (Å²) in [7, 11) is 0. The van der Waals surface area contributed by atoms with Gasteiger partial charge in [-0.3, -0.25) is 4.79 Å². The highest BCUT2D eigenvalue weighted by Gasteiger charge is 2.25. The van der Waals surface area contributed by atoms with Gasteiger partial charge in [-0.1, -0.05) is 42.8 Å². The predicted octanol–water partition coefficient (Wildman–Crippen LogP) is 5.06. The van der Waals surface area contributed by atoms with Crippen molar-refractivity contribution in [2.24, 2.45) is 5.92 Å². The Labute approximate surface area is 200 Å². The number of nitrogens with one attached hydrogen (secondary N) is 1. The van der Waals surface area contributed by atoms with Crippen molar-refractivity contribution < 1.29 is 9.53 Å². The van der Waals surface area contributed by atoms with Crippen LogP contribution in [0.25, 0.3) is 0 Å². The van der Waals surface area contributed by atoms with Crippen LogP contribution >= 0.6 is 11.6 Å². The molecule has 0 atom stereocenters. The number of carbonyl (C=O) groups excluding carboxylic acids is 1. The average Bonchev–Trinajstić information content (AvgIpc) is 2.86. The van der Waals surface area contributed by atoms with E-state index in [9.17, 15) is 4.79 Å². The molecule has 2 aromatic carbocycles. The molecule has 33 heavy (non-hydrogen) atoms. The molecule has 0 aliphatic carbocycles. The summed E-state index contributed by atoms with van der Waals surface area (Å²) in [5.74, 6) is 2.26.